The van der Waals surface area contributed by atoms with E-state index in [-0.39, 0.29) is 0 Å². The number of thioether (sulfide) groups is 1. The molecule has 0 aliphatic carbocycles. The van der Waals surface area contributed by atoms with Gasteiger partial charge >= 0.3 is 0 Å². The Morgan fingerprint density at radius 1 is 1.19 bits per heavy atom. The molecule has 0 amide bonds. The van der Waals surface area contributed by atoms with E-state index in [2.05, 4.69) is 49.7 Å². The first-order chi connectivity index (χ1) is 7.81. The normalized spacial score (nSPS) is 12.7. The van der Waals surface area contributed by atoms with Crippen molar-refractivity contribution in [3.63, 3.8) is 0 Å². The van der Waals surface area contributed by atoms with Crippen LogP contribution in [-0.4, -0.2) is 12.8 Å². The molecule has 1 atom stereocenters. The summed E-state index contributed by atoms with van der Waals surface area (Å²) in [6, 6.07) is 9.48. The Labute approximate surface area is 104 Å². The Kier molecular flexibility index (Phi) is 6.58. The molecule has 90 valence electrons. The molecule has 1 rings (SSSR count). The summed E-state index contributed by atoms with van der Waals surface area (Å²) in [5.41, 5.74) is 1.42. The standard InChI is InChI=1S/C14H23NS/c1-4-6-7-14(15-5-2)12-8-10-13(16-3)11-9-12/h8-11,14-15H,4-7H2,1-3H3. The molecule has 0 bridgehead atoms. The highest BCUT2D eigenvalue weighted by Crippen LogP contribution is 2.22. The van der Waals surface area contributed by atoms with E-state index in [9.17, 15) is 0 Å². The highest BCUT2D eigenvalue weighted by atomic mass is 32.2. The van der Waals surface area contributed by atoms with Gasteiger partial charge in [-0.15, -0.1) is 11.8 Å². The Bertz CT molecular complexity index is 281. The number of benzene rings is 1. The average Bonchev–Trinajstić information content (AvgIpc) is 2.35. The van der Waals surface area contributed by atoms with E-state index >= 15 is 0 Å². The Morgan fingerprint density at radius 3 is 2.38 bits per heavy atom. The zero-order valence-electron chi connectivity index (χ0n) is 10.6. The minimum Gasteiger partial charge on any atom is -0.310 e. The molecule has 0 saturated heterocycles. The van der Waals surface area contributed by atoms with Gasteiger partial charge in [-0.05, 0) is 36.9 Å². The maximum atomic E-state index is 3.56. The second kappa shape index (κ2) is 7.75. The van der Waals surface area contributed by atoms with Crippen LogP contribution < -0.4 is 5.32 Å². The molecule has 16 heavy (non-hydrogen) atoms. The Hall–Kier alpha value is -0.470. The molecular formula is C14H23NS. The molecule has 0 saturated carbocycles. The molecule has 1 N–H and O–H groups in total. The van der Waals surface area contributed by atoms with E-state index < -0.39 is 0 Å². The predicted octanol–water partition coefficient (Wildman–Crippen LogP) is 4.25. The number of rotatable bonds is 7. The third-order valence-electron chi connectivity index (χ3n) is 2.82. The quantitative estimate of drug-likeness (QED) is 0.712. The maximum Gasteiger partial charge on any atom is 0.0320 e. The molecule has 0 spiro atoms. The van der Waals surface area contributed by atoms with Gasteiger partial charge in [-0.25, -0.2) is 0 Å². The van der Waals surface area contributed by atoms with Gasteiger partial charge in [-0.2, -0.15) is 0 Å². The number of nitrogens with one attached hydrogen (secondary N) is 1. The summed E-state index contributed by atoms with van der Waals surface area (Å²) in [6.45, 7) is 5.47. The second-order valence-corrected chi connectivity index (χ2v) is 4.91. The van der Waals surface area contributed by atoms with Gasteiger partial charge in [0.05, 0.1) is 0 Å². The minimum absolute atomic E-state index is 0.529. The van der Waals surface area contributed by atoms with E-state index in [1.54, 1.807) is 11.8 Å². The molecular weight excluding hydrogens is 214 g/mol. The summed E-state index contributed by atoms with van der Waals surface area (Å²) in [6.07, 6.45) is 5.92. The van der Waals surface area contributed by atoms with Gasteiger partial charge in [0, 0.05) is 10.9 Å². The first-order valence-corrected chi connectivity index (χ1v) is 7.41. The van der Waals surface area contributed by atoms with E-state index in [1.807, 2.05) is 0 Å². The molecule has 0 heterocycles. The van der Waals surface area contributed by atoms with E-state index in [0.717, 1.165) is 6.54 Å². The van der Waals surface area contributed by atoms with Gasteiger partial charge in [0.2, 0.25) is 0 Å². The number of unbranched alkanes of at least 4 members (excludes halogenated alkanes) is 1. The van der Waals surface area contributed by atoms with Crippen molar-refractivity contribution in [3.8, 4) is 0 Å². The van der Waals surface area contributed by atoms with Gasteiger partial charge in [-0.1, -0.05) is 38.8 Å². The molecule has 1 nitrogen and oxygen atoms in total. The van der Waals surface area contributed by atoms with Gasteiger partial charge in [0.1, 0.15) is 0 Å². The highest BCUT2D eigenvalue weighted by Gasteiger charge is 2.08. The molecule has 1 unspecified atom stereocenters. The summed E-state index contributed by atoms with van der Waals surface area (Å²) < 4.78 is 0. The molecule has 1 aromatic carbocycles. The summed E-state index contributed by atoms with van der Waals surface area (Å²) >= 11 is 1.80. The lowest BCUT2D eigenvalue weighted by Gasteiger charge is -2.18. The Balaban J connectivity index is 2.67. The minimum atomic E-state index is 0.529. The molecule has 0 aliphatic rings. The SMILES string of the molecule is CCCCC(NCC)c1ccc(SC)cc1. The third kappa shape index (κ3) is 4.18. The fourth-order valence-corrected chi connectivity index (χ4v) is 2.29. The van der Waals surface area contributed by atoms with Crippen LogP contribution in [-0.2, 0) is 0 Å². The van der Waals surface area contributed by atoms with E-state index in [1.165, 1.54) is 29.7 Å². The molecule has 0 aliphatic heterocycles. The van der Waals surface area contributed by atoms with Crippen molar-refractivity contribution in [3.05, 3.63) is 29.8 Å². The lowest BCUT2D eigenvalue weighted by Crippen LogP contribution is -2.20. The lowest BCUT2D eigenvalue weighted by molar-refractivity contribution is 0.494. The van der Waals surface area contributed by atoms with Crippen LogP contribution in [0.3, 0.4) is 0 Å². The highest BCUT2D eigenvalue weighted by molar-refractivity contribution is 7.98. The first kappa shape index (κ1) is 13.6. The van der Waals surface area contributed by atoms with Crippen molar-refractivity contribution in [2.75, 3.05) is 12.8 Å². The predicted molar refractivity (Wildman–Crippen MR) is 74.2 cm³/mol. The van der Waals surface area contributed by atoms with Crippen molar-refractivity contribution in [2.45, 2.75) is 44.0 Å². The molecule has 2 heteroatoms. The molecule has 1 aromatic rings. The van der Waals surface area contributed by atoms with Crippen molar-refractivity contribution >= 4 is 11.8 Å². The maximum absolute atomic E-state index is 3.56. The van der Waals surface area contributed by atoms with Crippen LogP contribution in [0.1, 0.15) is 44.7 Å². The smallest absolute Gasteiger partial charge is 0.0320 e. The summed E-state index contributed by atoms with van der Waals surface area (Å²) in [7, 11) is 0. The summed E-state index contributed by atoms with van der Waals surface area (Å²) in [5.74, 6) is 0. The molecule has 0 aromatic heterocycles. The summed E-state index contributed by atoms with van der Waals surface area (Å²) in [4.78, 5) is 1.34. The fraction of sp³-hybridized carbons (Fsp3) is 0.571. The van der Waals surface area contributed by atoms with Gasteiger partial charge in [-0.3, -0.25) is 0 Å². The van der Waals surface area contributed by atoms with Crippen LogP contribution in [0.25, 0.3) is 0 Å². The van der Waals surface area contributed by atoms with Gasteiger partial charge in [0.25, 0.3) is 0 Å². The van der Waals surface area contributed by atoms with Crippen molar-refractivity contribution < 1.29 is 0 Å². The van der Waals surface area contributed by atoms with E-state index in [4.69, 9.17) is 0 Å². The molecule has 0 fully saturated rings. The topological polar surface area (TPSA) is 12.0 Å². The average molecular weight is 237 g/mol. The van der Waals surface area contributed by atoms with Crippen molar-refractivity contribution in [2.24, 2.45) is 0 Å². The summed E-state index contributed by atoms with van der Waals surface area (Å²) in [5, 5.41) is 3.56. The fourth-order valence-electron chi connectivity index (χ4n) is 1.88. The van der Waals surface area contributed by atoms with Crippen LogP contribution >= 0.6 is 11.8 Å². The zero-order chi connectivity index (χ0) is 11.8. The van der Waals surface area contributed by atoms with Gasteiger partial charge in [0.15, 0.2) is 0 Å². The monoisotopic (exact) mass is 237 g/mol. The van der Waals surface area contributed by atoms with E-state index in [0.29, 0.717) is 6.04 Å². The number of hydrogen-bond donors (Lipinski definition) is 1. The third-order valence-corrected chi connectivity index (χ3v) is 3.56. The Morgan fingerprint density at radius 2 is 1.88 bits per heavy atom. The van der Waals surface area contributed by atoms with Crippen LogP contribution in [0.4, 0.5) is 0 Å². The van der Waals surface area contributed by atoms with Crippen molar-refractivity contribution in [1.82, 2.24) is 5.32 Å². The lowest BCUT2D eigenvalue weighted by atomic mass is 10.0. The first-order valence-electron chi connectivity index (χ1n) is 6.19. The van der Waals surface area contributed by atoms with Crippen LogP contribution in [0.5, 0.6) is 0 Å². The van der Waals surface area contributed by atoms with Crippen LogP contribution in [0.2, 0.25) is 0 Å². The zero-order valence-corrected chi connectivity index (χ0v) is 11.4. The number of hydrogen-bond acceptors (Lipinski definition) is 2. The van der Waals surface area contributed by atoms with Gasteiger partial charge < -0.3 is 5.32 Å². The van der Waals surface area contributed by atoms with Crippen LogP contribution in [0, 0.1) is 0 Å². The van der Waals surface area contributed by atoms with Crippen LogP contribution in [0.15, 0.2) is 29.2 Å². The molecule has 0 radical (unpaired) electrons. The second-order valence-electron chi connectivity index (χ2n) is 4.03. The van der Waals surface area contributed by atoms with Crippen molar-refractivity contribution in [1.29, 1.82) is 0 Å². The largest absolute Gasteiger partial charge is 0.310 e.